The SMILES string of the molecule is CCn1c(SCC2=C(C(=O)O)N3C(=O)[C@@H](NC(=O)CSc4ccncc4)[C@@H]3SC2)n[nH]c(=O)c1=O. The van der Waals surface area contributed by atoms with Crippen LogP contribution in [0.1, 0.15) is 6.92 Å². The normalized spacial score (nSPS) is 19.2. The predicted octanol–water partition coefficient (Wildman–Crippen LogP) is -0.0305. The van der Waals surface area contributed by atoms with Crippen LogP contribution in [0.25, 0.3) is 0 Å². The smallest absolute Gasteiger partial charge is 0.352 e. The number of carbonyl (C=O) groups excluding carboxylic acids is 2. The zero-order valence-corrected chi connectivity index (χ0v) is 20.7. The molecular weight excluding hydrogens is 516 g/mol. The number of rotatable bonds is 9. The van der Waals surface area contributed by atoms with Crippen LogP contribution in [0.5, 0.6) is 0 Å². The van der Waals surface area contributed by atoms with E-state index < -0.39 is 34.4 Å². The van der Waals surface area contributed by atoms with E-state index in [1.54, 1.807) is 31.5 Å². The van der Waals surface area contributed by atoms with Crippen molar-refractivity contribution >= 4 is 53.1 Å². The minimum absolute atomic E-state index is 0.111. The number of carboxylic acids is 1. The van der Waals surface area contributed by atoms with Crippen molar-refractivity contribution in [3.8, 4) is 0 Å². The van der Waals surface area contributed by atoms with Crippen LogP contribution in [0, 0.1) is 0 Å². The summed E-state index contributed by atoms with van der Waals surface area (Å²) in [6.07, 6.45) is 3.24. The number of hydrogen-bond acceptors (Lipinski definition) is 10. The van der Waals surface area contributed by atoms with Crippen molar-refractivity contribution in [3.63, 3.8) is 0 Å². The molecule has 2 amide bonds. The number of carboxylic acid groups (broad SMARTS) is 1. The molecule has 3 N–H and O–H groups in total. The Balaban J connectivity index is 1.43. The highest BCUT2D eigenvalue weighted by Crippen LogP contribution is 2.41. The van der Waals surface area contributed by atoms with E-state index in [1.165, 1.54) is 33.0 Å². The molecule has 2 aliphatic rings. The molecule has 2 aromatic rings. The number of thioether (sulfide) groups is 3. The Labute approximate surface area is 211 Å². The molecule has 4 heterocycles. The summed E-state index contributed by atoms with van der Waals surface area (Å²) in [6.45, 7) is 1.92. The maximum absolute atomic E-state index is 12.8. The van der Waals surface area contributed by atoms with Crippen molar-refractivity contribution in [1.82, 2.24) is 30.0 Å². The first kappa shape index (κ1) is 25.1. The van der Waals surface area contributed by atoms with Gasteiger partial charge in [-0.2, -0.15) is 0 Å². The Hall–Kier alpha value is -3.04. The van der Waals surface area contributed by atoms with E-state index in [1.807, 2.05) is 0 Å². The van der Waals surface area contributed by atoms with Crippen molar-refractivity contribution in [1.29, 1.82) is 0 Å². The third-order valence-electron chi connectivity index (χ3n) is 5.20. The first-order valence-electron chi connectivity index (χ1n) is 10.4. The standard InChI is InChI=1S/C20H20N6O6S3/c1-2-25-17(30)15(28)23-24-20(25)35-8-10-7-34-18-13(16(29)26(18)14(10)19(31)32)22-12(27)9-33-11-3-5-21-6-4-11/h3-6,13,18H,2,7-9H2,1H3,(H,22,27)(H,23,28)(H,31,32)/t13-,18+/m1/s1. The molecule has 2 aliphatic heterocycles. The van der Waals surface area contributed by atoms with E-state index in [2.05, 4.69) is 20.5 Å². The lowest BCUT2D eigenvalue weighted by Gasteiger charge is -2.49. The fourth-order valence-electron chi connectivity index (χ4n) is 3.55. The second kappa shape index (κ2) is 10.7. The predicted molar refractivity (Wildman–Crippen MR) is 130 cm³/mol. The van der Waals surface area contributed by atoms with Crippen molar-refractivity contribution in [2.75, 3.05) is 17.3 Å². The number of nitrogens with one attached hydrogen (secondary N) is 2. The van der Waals surface area contributed by atoms with Gasteiger partial charge in [0.2, 0.25) is 5.91 Å². The fourth-order valence-corrected chi connectivity index (χ4v) is 6.74. The summed E-state index contributed by atoms with van der Waals surface area (Å²) in [5.74, 6) is -1.48. The van der Waals surface area contributed by atoms with Gasteiger partial charge in [0.05, 0.1) is 5.75 Å². The van der Waals surface area contributed by atoms with E-state index in [9.17, 15) is 29.1 Å². The number of amides is 2. The van der Waals surface area contributed by atoms with Crippen LogP contribution >= 0.6 is 35.3 Å². The maximum atomic E-state index is 12.8. The van der Waals surface area contributed by atoms with Crippen molar-refractivity contribution in [2.24, 2.45) is 0 Å². The number of pyridine rings is 1. The van der Waals surface area contributed by atoms with Gasteiger partial charge in [0, 0.05) is 35.3 Å². The zero-order chi connectivity index (χ0) is 25.1. The van der Waals surface area contributed by atoms with Crippen molar-refractivity contribution in [3.05, 3.63) is 56.5 Å². The number of aromatic nitrogens is 4. The minimum Gasteiger partial charge on any atom is -0.477 e. The molecule has 12 nitrogen and oxygen atoms in total. The van der Waals surface area contributed by atoms with Gasteiger partial charge < -0.3 is 10.4 Å². The van der Waals surface area contributed by atoms with Gasteiger partial charge in [0.15, 0.2) is 5.16 Å². The number of hydrogen-bond donors (Lipinski definition) is 3. The largest absolute Gasteiger partial charge is 0.477 e. The van der Waals surface area contributed by atoms with Gasteiger partial charge in [-0.15, -0.1) is 28.6 Å². The number of aliphatic carboxylic acids is 1. The molecule has 2 atom stereocenters. The molecule has 0 unspecified atom stereocenters. The summed E-state index contributed by atoms with van der Waals surface area (Å²) in [5, 5.41) is 18.3. The molecule has 0 saturated carbocycles. The Morgan fingerprint density at radius 3 is 2.69 bits per heavy atom. The second-order valence-electron chi connectivity index (χ2n) is 7.36. The number of aromatic amines is 1. The van der Waals surface area contributed by atoms with E-state index in [-0.39, 0.29) is 34.8 Å². The van der Waals surface area contributed by atoms with E-state index in [4.69, 9.17) is 0 Å². The Bertz CT molecular complexity index is 1310. The zero-order valence-electron chi connectivity index (χ0n) is 18.3. The van der Waals surface area contributed by atoms with Crippen LogP contribution in [0.15, 0.2) is 55.4 Å². The third kappa shape index (κ3) is 5.16. The van der Waals surface area contributed by atoms with Crippen LogP contribution < -0.4 is 16.4 Å². The number of carbonyl (C=O) groups is 3. The quantitative estimate of drug-likeness (QED) is 0.224. The molecular formula is C20H20N6O6S3. The number of nitrogens with zero attached hydrogens (tertiary/aromatic N) is 4. The van der Waals surface area contributed by atoms with Crippen LogP contribution in [0.4, 0.5) is 0 Å². The topological polar surface area (TPSA) is 167 Å². The van der Waals surface area contributed by atoms with Crippen LogP contribution in [0.3, 0.4) is 0 Å². The molecule has 15 heteroatoms. The summed E-state index contributed by atoms with van der Waals surface area (Å²) in [7, 11) is 0. The monoisotopic (exact) mass is 536 g/mol. The van der Waals surface area contributed by atoms with Gasteiger partial charge in [-0.1, -0.05) is 11.8 Å². The van der Waals surface area contributed by atoms with Crippen LogP contribution in [-0.4, -0.2) is 76.2 Å². The van der Waals surface area contributed by atoms with Crippen LogP contribution in [0.2, 0.25) is 0 Å². The van der Waals surface area contributed by atoms with E-state index >= 15 is 0 Å². The number of β-lactam (4-membered cyclic amide) rings is 1. The third-order valence-corrected chi connectivity index (χ3v) is 8.62. The molecule has 0 aromatic carbocycles. The highest BCUT2D eigenvalue weighted by molar-refractivity contribution is 8.01. The summed E-state index contributed by atoms with van der Waals surface area (Å²) < 4.78 is 1.20. The molecule has 0 spiro atoms. The Kier molecular flexibility index (Phi) is 7.66. The minimum atomic E-state index is -1.25. The van der Waals surface area contributed by atoms with Gasteiger partial charge >= 0.3 is 17.1 Å². The van der Waals surface area contributed by atoms with E-state index in [0.29, 0.717) is 11.3 Å². The van der Waals surface area contributed by atoms with Gasteiger partial charge in [0.25, 0.3) is 5.91 Å². The molecule has 2 aromatic heterocycles. The average Bonchev–Trinajstić information content (AvgIpc) is 2.86. The summed E-state index contributed by atoms with van der Waals surface area (Å²) in [6, 6.07) is 2.74. The lowest BCUT2D eigenvalue weighted by atomic mass is 10.0. The lowest BCUT2D eigenvalue weighted by Crippen LogP contribution is -2.70. The average molecular weight is 537 g/mol. The summed E-state index contributed by atoms with van der Waals surface area (Å²) >= 11 is 3.76. The maximum Gasteiger partial charge on any atom is 0.352 e. The van der Waals surface area contributed by atoms with Gasteiger partial charge in [0.1, 0.15) is 17.1 Å². The fraction of sp³-hybridized carbons (Fsp3) is 0.350. The molecule has 35 heavy (non-hydrogen) atoms. The highest BCUT2D eigenvalue weighted by atomic mass is 32.2. The summed E-state index contributed by atoms with van der Waals surface area (Å²) in [4.78, 5) is 66.7. The van der Waals surface area contributed by atoms with E-state index in [0.717, 1.165) is 16.7 Å². The Morgan fingerprint density at radius 1 is 1.26 bits per heavy atom. The molecule has 0 radical (unpaired) electrons. The molecule has 184 valence electrons. The van der Waals surface area contributed by atoms with Crippen molar-refractivity contribution in [2.45, 2.75) is 34.9 Å². The van der Waals surface area contributed by atoms with Gasteiger partial charge in [-0.25, -0.2) is 9.89 Å². The molecule has 1 saturated heterocycles. The van der Waals surface area contributed by atoms with Gasteiger partial charge in [-0.05, 0) is 24.6 Å². The Morgan fingerprint density at radius 2 is 2.00 bits per heavy atom. The lowest BCUT2D eigenvalue weighted by molar-refractivity contribution is -0.150. The van der Waals surface area contributed by atoms with Gasteiger partial charge in [-0.3, -0.25) is 33.6 Å². The summed E-state index contributed by atoms with van der Waals surface area (Å²) in [5.41, 5.74) is -1.22. The number of H-pyrrole nitrogens is 1. The molecule has 4 rings (SSSR count). The van der Waals surface area contributed by atoms with Crippen molar-refractivity contribution < 1.29 is 19.5 Å². The number of fused-ring (bicyclic) bond motifs is 1. The molecule has 0 bridgehead atoms. The molecule has 0 aliphatic carbocycles. The first-order valence-corrected chi connectivity index (χ1v) is 13.4. The van der Waals surface area contributed by atoms with Crippen LogP contribution in [-0.2, 0) is 20.9 Å². The highest BCUT2D eigenvalue weighted by Gasteiger charge is 2.54. The first-order chi connectivity index (χ1) is 16.8. The molecule has 1 fully saturated rings. The second-order valence-corrected chi connectivity index (χ2v) is 10.5.